The molecule has 1 unspecified atom stereocenters. The van der Waals surface area contributed by atoms with Gasteiger partial charge in [0.25, 0.3) is 0 Å². The third kappa shape index (κ3) is 3.20. The van der Waals surface area contributed by atoms with Gasteiger partial charge in [0, 0.05) is 19.5 Å². The Balaban J connectivity index is 1.57. The second kappa shape index (κ2) is 6.94. The van der Waals surface area contributed by atoms with Crippen LogP contribution in [-0.4, -0.2) is 42.6 Å². The van der Waals surface area contributed by atoms with Gasteiger partial charge in [0.15, 0.2) is 0 Å². The summed E-state index contributed by atoms with van der Waals surface area (Å²) in [7, 11) is -3.54. The van der Waals surface area contributed by atoms with Crippen LogP contribution in [-0.2, 0) is 27.6 Å². The Hall–Kier alpha value is -2.03. The van der Waals surface area contributed by atoms with Crippen molar-refractivity contribution in [3.8, 4) is 0 Å². The summed E-state index contributed by atoms with van der Waals surface area (Å²) in [6.45, 7) is 2.74. The lowest BCUT2D eigenvalue weighted by molar-refractivity contribution is -0.0175. The van der Waals surface area contributed by atoms with E-state index in [2.05, 4.69) is 10.2 Å². The fourth-order valence-electron chi connectivity index (χ4n) is 3.31. The molecule has 0 N–H and O–H groups in total. The molecule has 0 amide bonds. The van der Waals surface area contributed by atoms with Gasteiger partial charge in [-0.1, -0.05) is 31.2 Å². The van der Waals surface area contributed by atoms with Crippen LogP contribution >= 0.6 is 0 Å². The highest BCUT2D eigenvalue weighted by atomic mass is 32.2. The average Bonchev–Trinajstić information content (AvgIpc) is 3.17. The van der Waals surface area contributed by atoms with Gasteiger partial charge in [-0.25, -0.2) is 8.42 Å². The molecule has 2 heterocycles. The molecule has 138 valence electrons. The van der Waals surface area contributed by atoms with Gasteiger partial charge in [-0.2, -0.15) is 4.31 Å². The number of aryl methyl sites for hydroxylation is 2. The van der Waals surface area contributed by atoms with Gasteiger partial charge >= 0.3 is 0 Å². The summed E-state index contributed by atoms with van der Waals surface area (Å²) in [5, 5.41) is 7.93. The van der Waals surface area contributed by atoms with Crippen LogP contribution in [0.4, 0.5) is 0 Å². The standard InChI is InChI=1S/C18H21N3O4S/c1-2-17-19-20-18(25-17)16-12-21(9-10-24-16)26(22,23)15-8-7-13-5-3-4-6-14(13)11-15/h3-6,11,16H,2,7-10,12H2,1H3. The molecule has 0 bridgehead atoms. The van der Waals surface area contributed by atoms with Gasteiger partial charge in [0.2, 0.25) is 21.8 Å². The number of sulfonamides is 1. The number of morpholine rings is 1. The number of nitrogens with zero attached hydrogens (tertiary/aromatic N) is 3. The first-order chi connectivity index (χ1) is 12.6. The Kier molecular flexibility index (Phi) is 4.64. The van der Waals surface area contributed by atoms with Crippen LogP contribution < -0.4 is 0 Å². The third-order valence-corrected chi connectivity index (χ3v) is 6.77. The lowest BCUT2D eigenvalue weighted by Crippen LogP contribution is -2.43. The number of hydrogen-bond donors (Lipinski definition) is 0. The van der Waals surface area contributed by atoms with Crippen LogP contribution in [0.15, 0.2) is 33.6 Å². The van der Waals surface area contributed by atoms with Gasteiger partial charge in [-0.15, -0.1) is 10.2 Å². The van der Waals surface area contributed by atoms with Gasteiger partial charge in [0.1, 0.15) is 6.10 Å². The van der Waals surface area contributed by atoms with E-state index in [9.17, 15) is 8.42 Å². The molecule has 1 aliphatic heterocycles. The van der Waals surface area contributed by atoms with E-state index in [0.29, 0.717) is 42.7 Å². The van der Waals surface area contributed by atoms with Crippen molar-refractivity contribution in [3.63, 3.8) is 0 Å². The zero-order valence-electron chi connectivity index (χ0n) is 14.6. The minimum Gasteiger partial charge on any atom is -0.422 e. The maximum Gasteiger partial charge on any atom is 0.246 e. The minimum atomic E-state index is -3.54. The topological polar surface area (TPSA) is 85.5 Å². The third-order valence-electron chi connectivity index (χ3n) is 4.77. The normalized spacial score (nSPS) is 21.3. The smallest absolute Gasteiger partial charge is 0.246 e. The summed E-state index contributed by atoms with van der Waals surface area (Å²) in [5.74, 6) is 0.861. The molecule has 0 spiro atoms. The minimum absolute atomic E-state index is 0.187. The summed E-state index contributed by atoms with van der Waals surface area (Å²) in [6.07, 6.45) is 3.15. The van der Waals surface area contributed by atoms with Crippen molar-refractivity contribution in [1.82, 2.24) is 14.5 Å². The van der Waals surface area contributed by atoms with E-state index < -0.39 is 16.1 Å². The molecule has 1 aromatic heterocycles. The van der Waals surface area contributed by atoms with E-state index in [-0.39, 0.29) is 6.54 Å². The van der Waals surface area contributed by atoms with E-state index in [4.69, 9.17) is 9.15 Å². The van der Waals surface area contributed by atoms with Crippen LogP contribution in [0.5, 0.6) is 0 Å². The van der Waals surface area contributed by atoms with Crippen LogP contribution in [0.1, 0.15) is 42.4 Å². The first-order valence-electron chi connectivity index (χ1n) is 8.80. The predicted octanol–water partition coefficient (Wildman–Crippen LogP) is 2.32. The van der Waals surface area contributed by atoms with E-state index in [0.717, 1.165) is 12.0 Å². The molecule has 0 radical (unpaired) electrons. The molecule has 1 saturated heterocycles. The Bertz CT molecular complexity index is 935. The van der Waals surface area contributed by atoms with Crippen molar-refractivity contribution in [2.75, 3.05) is 19.7 Å². The van der Waals surface area contributed by atoms with Crippen LogP contribution in [0.2, 0.25) is 0 Å². The highest BCUT2D eigenvalue weighted by Crippen LogP contribution is 2.31. The molecule has 1 aliphatic carbocycles. The van der Waals surface area contributed by atoms with Gasteiger partial charge in [-0.05, 0) is 30.0 Å². The summed E-state index contributed by atoms with van der Waals surface area (Å²) in [6, 6.07) is 7.90. The molecule has 1 atom stereocenters. The van der Waals surface area contributed by atoms with Crippen molar-refractivity contribution < 1.29 is 17.6 Å². The molecule has 8 heteroatoms. The Labute approximate surface area is 152 Å². The number of hydrogen-bond acceptors (Lipinski definition) is 6. The molecule has 2 aromatic rings. The second-order valence-electron chi connectivity index (χ2n) is 6.42. The maximum absolute atomic E-state index is 13.1. The SMILES string of the molecule is CCc1nnc(C2CN(S(=O)(=O)C3=Cc4ccccc4CC3)CCO2)o1. The van der Waals surface area contributed by atoms with Crippen LogP contribution in [0.25, 0.3) is 6.08 Å². The second-order valence-corrected chi connectivity index (χ2v) is 8.41. The Morgan fingerprint density at radius 3 is 2.88 bits per heavy atom. The number of aromatic nitrogens is 2. The van der Waals surface area contributed by atoms with Gasteiger partial charge < -0.3 is 9.15 Å². The summed E-state index contributed by atoms with van der Waals surface area (Å²) < 4.78 is 38.9. The lowest BCUT2D eigenvalue weighted by Gasteiger charge is -2.31. The van der Waals surface area contributed by atoms with Gasteiger partial charge in [0.05, 0.1) is 11.5 Å². The van der Waals surface area contributed by atoms with E-state index in [1.54, 1.807) is 6.08 Å². The molecule has 26 heavy (non-hydrogen) atoms. The fraction of sp³-hybridized carbons (Fsp3) is 0.444. The monoisotopic (exact) mass is 375 g/mol. The summed E-state index contributed by atoms with van der Waals surface area (Å²) >= 11 is 0. The summed E-state index contributed by atoms with van der Waals surface area (Å²) in [4.78, 5) is 0.455. The van der Waals surface area contributed by atoms with Gasteiger partial charge in [-0.3, -0.25) is 0 Å². The first kappa shape index (κ1) is 17.4. The number of rotatable bonds is 4. The first-order valence-corrected chi connectivity index (χ1v) is 10.2. The zero-order valence-corrected chi connectivity index (χ0v) is 15.4. The molecular formula is C18H21N3O4S. The largest absolute Gasteiger partial charge is 0.422 e. The zero-order chi connectivity index (χ0) is 18.1. The predicted molar refractivity (Wildman–Crippen MR) is 95.6 cm³/mol. The molecule has 1 fully saturated rings. The van der Waals surface area contributed by atoms with Crippen molar-refractivity contribution in [3.05, 3.63) is 52.1 Å². The highest BCUT2D eigenvalue weighted by molar-refractivity contribution is 7.93. The Morgan fingerprint density at radius 1 is 1.23 bits per heavy atom. The molecule has 7 nitrogen and oxygen atoms in total. The number of allylic oxidation sites excluding steroid dienone is 1. The fourth-order valence-corrected chi connectivity index (χ4v) is 4.92. The van der Waals surface area contributed by atoms with Crippen molar-refractivity contribution in [1.29, 1.82) is 0 Å². The van der Waals surface area contributed by atoms with Crippen molar-refractivity contribution >= 4 is 16.1 Å². The highest BCUT2D eigenvalue weighted by Gasteiger charge is 2.35. The quantitative estimate of drug-likeness (QED) is 0.815. The van der Waals surface area contributed by atoms with E-state index >= 15 is 0 Å². The van der Waals surface area contributed by atoms with Crippen molar-refractivity contribution in [2.24, 2.45) is 0 Å². The molecular weight excluding hydrogens is 354 g/mol. The van der Waals surface area contributed by atoms with E-state index in [1.807, 2.05) is 31.2 Å². The lowest BCUT2D eigenvalue weighted by atomic mass is 9.98. The number of ether oxygens (including phenoxy) is 1. The number of fused-ring (bicyclic) bond motifs is 1. The Morgan fingerprint density at radius 2 is 2.08 bits per heavy atom. The molecule has 0 saturated carbocycles. The van der Waals surface area contributed by atoms with E-state index in [1.165, 1.54) is 9.87 Å². The molecule has 4 rings (SSSR count). The summed E-state index contributed by atoms with van der Waals surface area (Å²) in [5.41, 5.74) is 2.16. The maximum atomic E-state index is 13.1. The van der Waals surface area contributed by atoms with Crippen LogP contribution in [0.3, 0.4) is 0 Å². The molecule has 2 aliphatic rings. The average molecular weight is 375 g/mol. The van der Waals surface area contributed by atoms with Crippen molar-refractivity contribution in [2.45, 2.75) is 32.3 Å². The molecule has 1 aromatic carbocycles. The van der Waals surface area contributed by atoms with Crippen LogP contribution in [0, 0.1) is 0 Å². The number of benzene rings is 1.